The molecular weight excluding hydrogens is 368 g/mol. The summed E-state index contributed by atoms with van der Waals surface area (Å²) in [5.41, 5.74) is 2.89. The first-order valence-corrected chi connectivity index (χ1v) is 9.39. The number of methoxy groups -OCH3 is 3. The molecule has 0 bridgehead atoms. The van der Waals surface area contributed by atoms with E-state index in [0.29, 0.717) is 23.8 Å². The van der Waals surface area contributed by atoms with Crippen LogP contribution >= 0.6 is 0 Å². The largest absolute Gasteiger partial charge is 0.493 e. The highest BCUT2D eigenvalue weighted by Gasteiger charge is 2.21. The molecule has 0 aliphatic carbocycles. The predicted octanol–water partition coefficient (Wildman–Crippen LogP) is 3.53. The lowest BCUT2D eigenvalue weighted by Gasteiger charge is -2.26. The van der Waals surface area contributed by atoms with E-state index in [0.717, 1.165) is 16.7 Å². The van der Waals surface area contributed by atoms with E-state index in [1.165, 1.54) is 0 Å². The van der Waals surface area contributed by atoms with Gasteiger partial charge in [-0.05, 0) is 49.9 Å². The van der Waals surface area contributed by atoms with Crippen LogP contribution in [0.25, 0.3) is 5.57 Å². The summed E-state index contributed by atoms with van der Waals surface area (Å²) in [6.07, 6.45) is 1.62. The molecule has 0 aliphatic heterocycles. The maximum atomic E-state index is 12.5. The zero-order chi connectivity index (χ0) is 21.4. The van der Waals surface area contributed by atoms with Gasteiger partial charge < -0.3 is 24.4 Å². The molecule has 0 saturated carbocycles. The summed E-state index contributed by atoms with van der Waals surface area (Å²) in [6, 6.07) is 13.6. The molecule has 29 heavy (non-hydrogen) atoms. The molecule has 156 valence electrons. The Labute approximate surface area is 173 Å². The second-order valence-corrected chi connectivity index (χ2v) is 6.88. The highest BCUT2D eigenvalue weighted by Crippen LogP contribution is 2.40. The SMILES string of the molecule is COc1cc(C(CNC(=O)/C=C(\C)c2ccccc2)N(C)C)cc(OC)c1OC. The van der Waals surface area contributed by atoms with Crippen molar-refractivity contribution in [1.82, 2.24) is 10.2 Å². The Kier molecular flexibility index (Phi) is 8.09. The number of nitrogens with zero attached hydrogens (tertiary/aromatic N) is 1. The number of carbonyl (C=O) groups excluding carboxylic acids is 1. The molecule has 1 amide bonds. The Morgan fingerprint density at radius 3 is 2.10 bits per heavy atom. The van der Waals surface area contributed by atoms with Crippen molar-refractivity contribution in [2.75, 3.05) is 42.0 Å². The van der Waals surface area contributed by atoms with Crippen molar-refractivity contribution in [1.29, 1.82) is 0 Å². The molecule has 0 aromatic heterocycles. The summed E-state index contributed by atoms with van der Waals surface area (Å²) in [7, 11) is 8.68. The molecule has 0 heterocycles. The van der Waals surface area contributed by atoms with E-state index in [1.807, 2.05) is 68.4 Å². The Balaban J connectivity index is 2.19. The number of nitrogens with one attached hydrogen (secondary N) is 1. The smallest absolute Gasteiger partial charge is 0.244 e. The van der Waals surface area contributed by atoms with Crippen LogP contribution in [0.5, 0.6) is 17.2 Å². The molecule has 0 aliphatic rings. The summed E-state index contributed by atoms with van der Waals surface area (Å²) in [5, 5.41) is 3.00. The lowest BCUT2D eigenvalue weighted by molar-refractivity contribution is -0.116. The van der Waals surface area contributed by atoms with Crippen LogP contribution in [0.4, 0.5) is 0 Å². The standard InChI is InChI=1S/C23H30N2O4/c1-16(17-10-8-7-9-11-17)12-22(26)24-15-19(25(2)3)18-13-20(27-4)23(29-6)21(14-18)28-5/h7-14,19H,15H2,1-6H3,(H,24,26)/b16-12+. The Hall–Kier alpha value is -2.99. The number of hydrogen-bond donors (Lipinski definition) is 1. The fourth-order valence-electron chi connectivity index (χ4n) is 3.12. The highest BCUT2D eigenvalue weighted by atomic mass is 16.5. The fraction of sp³-hybridized carbons (Fsp3) is 0.348. The fourth-order valence-corrected chi connectivity index (χ4v) is 3.12. The van der Waals surface area contributed by atoms with Crippen molar-refractivity contribution in [2.45, 2.75) is 13.0 Å². The van der Waals surface area contributed by atoms with Crippen molar-refractivity contribution in [3.8, 4) is 17.2 Å². The van der Waals surface area contributed by atoms with E-state index in [1.54, 1.807) is 27.4 Å². The third-order valence-electron chi connectivity index (χ3n) is 4.74. The van der Waals surface area contributed by atoms with Gasteiger partial charge in [-0.25, -0.2) is 0 Å². The zero-order valence-corrected chi connectivity index (χ0v) is 18.0. The average Bonchev–Trinajstić information content (AvgIpc) is 2.73. The minimum Gasteiger partial charge on any atom is -0.493 e. The van der Waals surface area contributed by atoms with Gasteiger partial charge in [-0.3, -0.25) is 4.79 Å². The topological polar surface area (TPSA) is 60.0 Å². The number of ether oxygens (including phenoxy) is 3. The molecule has 1 N–H and O–H groups in total. The van der Waals surface area contributed by atoms with Gasteiger partial charge in [0.1, 0.15) is 0 Å². The number of rotatable bonds is 9. The van der Waals surface area contributed by atoms with Crippen LogP contribution in [0.2, 0.25) is 0 Å². The first-order valence-electron chi connectivity index (χ1n) is 9.39. The highest BCUT2D eigenvalue weighted by molar-refractivity contribution is 5.94. The van der Waals surface area contributed by atoms with E-state index >= 15 is 0 Å². The van der Waals surface area contributed by atoms with Gasteiger partial charge in [0.05, 0.1) is 27.4 Å². The van der Waals surface area contributed by atoms with Gasteiger partial charge in [-0.2, -0.15) is 0 Å². The summed E-state index contributed by atoms with van der Waals surface area (Å²) >= 11 is 0. The van der Waals surface area contributed by atoms with Crippen molar-refractivity contribution < 1.29 is 19.0 Å². The average molecular weight is 399 g/mol. The van der Waals surface area contributed by atoms with E-state index in [4.69, 9.17) is 14.2 Å². The maximum absolute atomic E-state index is 12.5. The molecule has 0 fully saturated rings. The van der Waals surface area contributed by atoms with E-state index in [2.05, 4.69) is 5.32 Å². The van der Waals surface area contributed by atoms with Gasteiger partial charge in [0.25, 0.3) is 0 Å². The van der Waals surface area contributed by atoms with Crippen molar-refractivity contribution in [2.24, 2.45) is 0 Å². The van der Waals surface area contributed by atoms with Crippen molar-refractivity contribution in [3.63, 3.8) is 0 Å². The Morgan fingerprint density at radius 2 is 1.62 bits per heavy atom. The summed E-state index contributed by atoms with van der Waals surface area (Å²) < 4.78 is 16.3. The van der Waals surface area contributed by atoms with Gasteiger partial charge in [-0.1, -0.05) is 30.3 Å². The molecule has 1 atom stereocenters. The molecule has 0 spiro atoms. The monoisotopic (exact) mass is 398 g/mol. The molecule has 2 aromatic rings. The Bertz CT molecular complexity index is 822. The van der Waals surface area contributed by atoms with Crippen molar-refractivity contribution in [3.05, 3.63) is 59.7 Å². The molecule has 2 rings (SSSR count). The Morgan fingerprint density at radius 1 is 1.03 bits per heavy atom. The maximum Gasteiger partial charge on any atom is 0.244 e. The quantitative estimate of drug-likeness (QED) is 0.655. The minimum atomic E-state index is -0.134. The first kappa shape index (κ1) is 22.3. The molecule has 6 nitrogen and oxygen atoms in total. The van der Waals surface area contributed by atoms with Gasteiger partial charge >= 0.3 is 0 Å². The lowest BCUT2D eigenvalue weighted by atomic mass is 10.0. The van der Waals surface area contributed by atoms with E-state index < -0.39 is 0 Å². The number of hydrogen-bond acceptors (Lipinski definition) is 5. The van der Waals surface area contributed by atoms with Crippen LogP contribution in [-0.2, 0) is 4.79 Å². The number of amides is 1. The second kappa shape index (κ2) is 10.5. The first-order chi connectivity index (χ1) is 13.9. The minimum absolute atomic E-state index is 0.0712. The number of likely N-dealkylation sites (N-methyl/N-ethyl adjacent to an activating group) is 1. The van der Waals surface area contributed by atoms with Crippen LogP contribution < -0.4 is 19.5 Å². The van der Waals surface area contributed by atoms with Gasteiger partial charge in [0, 0.05) is 12.6 Å². The zero-order valence-electron chi connectivity index (χ0n) is 18.0. The van der Waals surface area contributed by atoms with Crippen LogP contribution in [0, 0.1) is 0 Å². The van der Waals surface area contributed by atoms with Gasteiger partial charge in [0.2, 0.25) is 11.7 Å². The lowest BCUT2D eigenvalue weighted by Crippen LogP contribution is -2.33. The van der Waals surface area contributed by atoms with Crippen LogP contribution in [0.1, 0.15) is 24.1 Å². The molecule has 0 radical (unpaired) electrons. The second-order valence-electron chi connectivity index (χ2n) is 6.88. The molecule has 0 saturated heterocycles. The molecule has 2 aromatic carbocycles. The third-order valence-corrected chi connectivity index (χ3v) is 4.74. The number of benzene rings is 2. The van der Waals surface area contributed by atoms with Crippen molar-refractivity contribution >= 4 is 11.5 Å². The predicted molar refractivity (Wildman–Crippen MR) is 116 cm³/mol. The molecule has 1 unspecified atom stereocenters. The number of carbonyl (C=O) groups is 1. The van der Waals surface area contributed by atoms with Crippen LogP contribution in [0.15, 0.2) is 48.5 Å². The summed E-state index contributed by atoms with van der Waals surface area (Å²) in [4.78, 5) is 14.5. The number of allylic oxidation sites excluding steroid dienone is 1. The van der Waals surface area contributed by atoms with Gasteiger partial charge in [0.15, 0.2) is 11.5 Å². The summed E-state index contributed by atoms with van der Waals surface area (Å²) in [5.74, 6) is 1.58. The van der Waals surface area contributed by atoms with Crippen LogP contribution in [0.3, 0.4) is 0 Å². The molecule has 6 heteroatoms. The summed E-state index contributed by atoms with van der Waals surface area (Å²) in [6.45, 7) is 2.36. The third kappa shape index (κ3) is 5.74. The molecular formula is C23H30N2O4. The normalized spacial score (nSPS) is 12.4. The van der Waals surface area contributed by atoms with E-state index in [-0.39, 0.29) is 11.9 Å². The van der Waals surface area contributed by atoms with Gasteiger partial charge in [-0.15, -0.1) is 0 Å². The van der Waals surface area contributed by atoms with E-state index in [9.17, 15) is 4.79 Å². The van der Waals surface area contributed by atoms with Crippen LogP contribution in [-0.4, -0.2) is 52.8 Å².